The Morgan fingerprint density at radius 1 is 0.933 bits per heavy atom. The lowest BCUT2D eigenvalue weighted by Gasteiger charge is -2.34. The van der Waals surface area contributed by atoms with Crippen molar-refractivity contribution in [2.24, 2.45) is 0 Å². The third-order valence-electron chi connectivity index (χ3n) is 6.07. The molecule has 0 aromatic heterocycles. The van der Waals surface area contributed by atoms with E-state index in [2.05, 4.69) is 44.7 Å². The van der Waals surface area contributed by atoms with Crippen molar-refractivity contribution < 1.29 is 4.79 Å². The van der Waals surface area contributed by atoms with Crippen LogP contribution >= 0.6 is 11.6 Å². The Bertz CT molecular complexity index is 847. The molecule has 1 saturated heterocycles. The highest BCUT2D eigenvalue weighted by Crippen LogP contribution is 2.19. The molecule has 0 radical (unpaired) electrons. The van der Waals surface area contributed by atoms with Crippen molar-refractivity contribution in [3.63, 3.8) is 0 Å². The number of amides is 1. The van der Waals surface area contributed by atoms with Crippen molar-refractivity contribution in [1.82, 2.24) is 15.1 Å². The number of nitrogens with zero attached hydrogens (tertiary/aromatic N) is 2. The topological polar surface area (TPSA) is 47.6 Å². The normalized spacial score (nSPS) is 17.9. The van der Waals surface area contributed by atoms with Crippen LogP contribution in [0.5, 0.6) is 0 Å². The molecule has 0 bridgehead atoms. The Labute approximate surface area is 184 Å². The molecule has 2 aliphatic rings. The van der Waals surface area contributed by atoms with Gasteiger partial charge in [-0.15, -0.1) is 0 Å². The summed E-state index contributed by atoms with van der Waals surface area (Å²) in [4.78, 5) is 17.3. The lowest BCUT2D eigenvalue weighted by Crippen LogP contribution is -2.46. The van der Waals surface area contributed by atoms with Crippen LogP contribution in [0.25, 0.3) is 0 Å². The van der Waals surface area contributed by atoms with Gasteiger partial charge in [-0.3, -0.25) is 9.69 Å². The van der Waals surface area contributed by atoms with Crippen molar-refractivity contribution in [2.75, 3.05) is 51.1 Å². The summed E-state index contributed by atoms with van der Waals surface area (Å²) in [5, 5.41) is 7.30. The second kappa shape index (κ2) is 10.4. The SMILES string of the molecule is O=C(CCN1CCN(Cc2ccc(Cl)cc2)CC1)Nc1ccc2c(c1)CCNCC2. The molecular weight excluding hydrogens is 396 g/mol. The Balaban J connectivity index is 1.19. The molecule has 0 aliphatic carbocycles. The van der Waals surface area contributed by atoms with E-state index in [1.54, 1.807) is 0 Å². The van der Waals surface area contributed by atoms with E-state index in [1.807, 2.05) is 18.2 Å². The van der Waals surface area contributed by atoms with Crippen molar-refractivity contribution in [3.05, 3.63) is 64.2 Å². The summed E-state index contributed by atoms with van der Waals surface area (Å²) in [6, 6.07) is 14.4. The van der Waals surface area contributed by atoms with Gasteiger partial charge in [0.05, 0.1) is 0 Å². The number of hydrogen-bond donors (Lipinski definition) is 2. The monoisotopic (exact) mass is 426 g/mol. The Kier molecular flexibility index (Phi) is 7.39. The number of hydrogen-bond acceptors (Lipinski definition) is 4. The van der Waals surface area contributed by atoms with E-state index in [4.69, 9.17) is 11.6 Å². The number of piperazine rings is 1. The van der Waals surface area contributed by atoms with E-state index in [1.165, 1.54) is 16.7 Å². The molecule has 160 valence electrons. The molecule has 1 amide bonds. The zero-order valence-corrected chi connectivity index (χ0v) is 18.3. The second-order valence-corrected chi connectivity index (χ2v) is 8.71. The smallest absolute Gasteiger partial charge is 0.225 e. The quantitative estimate of drug-likeness (QED) is 0.744. The lowest BCUT2D eigenvalue weighted by atomic mass is 10.0. The summed E-state index contributed by atoms with van der Waals surface area (Å²) < 4.78 is 0. The molecule has 2 aromatic rings. The van der Waals surface area contributed by atoms with E-state index in [9.17, 15) is 4.79 Å². The minimum absolute atomic E-state index is 0.102. The standard InChI is InChI=1S/C24H31ClN4O/c25-22-4-1-19(2-5-22)18-29-15-13-28(14-16-29)12-9-24(30)27-23-6-3-20-7-10-26-11-8-21(20)17-23/h1-6,17,26H,7-16,18H2,(H,27,30). The fraction of sp³-hybridized carbons (Fsp3) is 0.458. The minimum Gasteiger partial charge on any atom is -0.326 e. The summed E-state index contributed by atoms with van der Waals surface area (Å²) in [7, 11) is 0. The summed E-state index contributed by atoms with van der Waals surface area (Å²) in [5.41, 5.74) is 4.97. The van der Waals surface area contributed by atoms with Gasteiger partial charge in [0.15, 0.2) is 0 Å². The summed E-state index contributed by atoms with van der Waals surface area (Å²) >= 11 is 5.97. The Morgan fingerprint density at radius 2 is 1.63 bits per heavy atom. The summed E-state index contributed by atoms with van der Waals surface area (Å²) in [6.07, 6.45) is 2.63. The average molecular weight is 427 g/mol. The van der Waals surface area contributed by atoms with Crippen molar-refractivity contribution in [3.8, 4) is 0 Å². The van der Waals surface area contributed by atoms with Crippen molar-refractivity contribution >= 4 is 23.2 Å². The number of carbonyl (C=O) groups is 1. The molecule has 6 heteroatoms. The van der Waals surface area contributed by atoms with Crippen LogP contribution in [0.3, 0.4) is 0 Å². The Hall–Kier alpha value is -1.92. The third kappa shape index (κ3) is 6.05. The first-order valence-electron chi connectivity index (χ1n) is 11.0. The van der Waals surface area contributed by atoms with Crippen LogP contribution in [0.1, 0.15) is 23.1 Å². The van der Waals surface area contributed by atoms with Gasteiger partial charge >= 0.3 is 0 Å². The molecule has 5 nitrogen and oxygen atoms in total. The molecule has 30 heavy (non-hydrogen) atoms. The third-order valence-corrected chi connectivity index (χ3v) is 6.32. The maximum Gasteiger partial charge on any atom is 0.225 e. The van der Waals surface area contributed by atoms with Crippen LogP contribution < -0.4 is 10.6 Å². The molecule has 2 heterocycles. The first-order chi connectivity index (χ1) is 14.7. The van der Waals surface area contributed by atoms with Gasteiger partial charge in [0, 0.05) is 56.4 Å². The molecule has 0 spiro atoms. The number of rotatable bonds is 6. The van der Waals surface area contributed by atoms with E-state index in [0.717, 1.165) is 75.9 Å². The maximum absolute atomic E-state index is 12.5. The maximum atomic E-state index is 12.5. The van der Waals surface area contributed by atoms with Gasteiger partial charge in [0.2, 0.25) is 5.91 Å². The number of halogens is 1. The molecule has 0 unspecified atom stereocenters. The van der Waals surface area contributed by atoms with Crippen LogP contribution in [-0.4, -0.2) is 61.5 Å². The second-order valence-electron chi connectivity index (χ2n) is 8.28. The van der Waals surface area contributed by atoms with Gasteiger partial charge in [-0.1, -0.05) is 29.8 Å². The molecule has 0 saturated carbocycles. The zero-order chi connectivity index (χ0) is 20.8. The molecule has 4 rings (SSSR count). The molecule has 2 N–H and O–H groups in total. The number of benzene rings is 2. The highest BCUT2D eigenvalue weighted by molar-refractivity contribution is 6.30. The largest absolute Gasteiger partial charge is 0.326 e. The van der Waals surface area contributed by atoms with Gasteiger partial charge in [-0.2, -0.15) is 0 Å². The fourth-order valence-electron chi connectivity index (χ4n) is 4.25. The highest BCUT2D eigenvalue weighted by Gasteiger charge is 2.18. The van der Waals surface area contributed by atoms with Gasteiger partial charge in [0.1, 0.15) is 0 Å². The molecule has 2 aliphatic heterocycles. The number of anilines is 1. The van der Waals surface area contributed by atoms with Crippen LogP contribution in [0.2, 0.25) is 5.02 Å². The van der Waals surface area contributed by atoms with Crippen molar-refractivity contribution in [1.29, 1.82) is 0 Å². The average Bonchev–Trinajstić information content (AvgIpc) is 3.00. The van der Waals surface area contributed by atoms with E-state index in [0.29, 0.717) is 6.42 Å². The number of carbonyl (C=O) groups excluding carboxylic acids is 1. The lowest BCUT2D eigenvalue weighted by molar-refractivity contribution is -0.116. The van der Waals surface area contributed by atoms with Crippen LogP contribution in [0.4, 0.5) is 5.69 Å². The number of nitrogens with one attached hydrogen (secondary N) is 2. The van der Waals surface area contributed by atoms with Gasteiger partial charge < -0.3 is 15.5 Å². The van der Waals surface area contributed by atoms with Crippen LogP contribution in [-0.2, 0) is 24.2 Å². The van der Waals surface area contributed by atoms with E-state index in [-0.39, 0.29) is 5.91 Å². The molecule has 0 atom stereocenters. The highest BCUT2D eigenvalue weighted by atomic mass is 35.5. The van der Waals surface area contributed by atoms with Gasteiger partial charge in [-0.05, 0) is 66.9 Å². The van der Waals surface area contributed by atoms with Gasteiger partial charge in [-0.25, -0.2) is 0 Å². The van der Waals surface area contributed by atoms with E-state index < -0.39 is 0 Å². The van der Waals surface area contributed by atoms with Crippen molar-refractivity contribution in [2.45, 2.75) is 25.8 Å². The van der Waals surface area contributed by atoms with Gasteiger partial charge in [0.25, 0.3) is 0 Å². The minimum atomic E-state index is 0.102. The molecule has 1 fully saturated rings. The predicted octanol–water partition coefficient (Wildman–Crippen LogP) is 3.17. The molecular formula is C24H31ClN4O. The summed E-state index contributed by atoms with van der Waals surface area (Å²) in [6.45, 7) is 7.89. The van der Waals surface area contributed by atoms with Crippen LogP contribution in [0, 0.1) is 0 Å². The number of fused-ring (bicyclic) bond motifs is 1. The van der Waals surface area contributed by atoms with Crippen LogP contribution in [0.15, 0.2) is 42.5 Å². The Morgan fingerprint density at radius 3 is 2.40 bits per heavy atom. The first-order valence-corrected chi connectivity index (χ1v) is 11.3. The predicted molar refractivity (Wildman–Crippen MR) is 123 cm³/mol. The fourth-order valence-corrected chi connectivity index (χ4v) is 4.38. The summed E-state index contributed by atoms with van der Waals surface area (Å²) in [5.74, 6) is 0.102. The zero-order valence-electron chi connectivity index (χ0n) is 17.5. The first kappa shape index (κ1) is 21.3. The molecule has 2 aromatic carbocycles. The van der Waals surface area contributed by atoms with E-state index >= 15 is 0 Å².